The lowest BCUT2D eigenvalue weighted by Crippen LogP contribution is -2.11. The molecule has 1 aromatic carbocycles. The van der Waals surface area contributed by atoms with Gasteiger partial charge in [0.15, 0.2) is 0 Å². The molecule has 0 saturated heterocycles. The van der Waals surface area contributed by atoms with Gasteiger partial charge in [0, 0.05) is 18.6 Å². The predicted octanol–water partition coefficient (Wildman–Crippen LogP) is 1.39. The van der Waals surface area contributed by atoms with E-state index in [2.05, 4.69) is 9.97 Å². The number of aromatic nitrogens is 2. The van der Waals surface area contributed by atoms with Crippen LogP contribution in [0.25, 0.3) is 10.9 Å². The van der Waals surface area contributed by atoms with Crippen molar-refractivity contribution in [3.8, 4) is 0 Å². The van der Waals surface area contributed by atoms with Gasteiger partial charge in [0.1, 0.15) is 5.82 Å². The molecule has 0 aliphatic carbocycles. The van der Waals surface area contributed by atoms with Crippen LogP contribution in [0.1, 0.15) is 12.7 Å². The van der Waals surface area contributed by atoms with Crippen LogP contribution in [0.4, 0.5) is 5.69 Å². The number of non-ortho nitro benzene ring substituents is 1. The molecule has 0 radical (unpaired) electrons. The molecule has 2 rings (SSSR count). The SMILES string of the molecule is CCc1nc2ccc([N+](=O)[O-])cc2c(=O)[nH]1. The normalized spacial score (nSPS) is 10.6. The van der Waals surface area contributed by atoms with Crippen molar-refractivity contribution in [3.05, 3.63) is 44.5 Å². The van der Waals surface area contributed by atoms with Gasteiger partial charge in [0.05, 0.1) is 15.8 Å². The highest BCUT2D eigenvalue weighted by atomic mass is 16.6. The van der Waals surface area contributed by atoms with Crippen molar-refractivity contribution in [3.63, 3.8) is 0 Å². The largest absolute Gasteiger partial charge is 0.310 e. The van der Waals surface area contributed by atoms with Crippen LogP contribution in [-0.4, -0.2) is 14.9 Å². The number of nitrogens with one attached hydrogen (secondary N) is 1. The van der Waals surface area contributed by atoms with Crippen LogP contribution in [0, 0.1) is 10.1 Å². The Morgan fingerprint density at radius 3 is 2.88 bits per heavy atom. The minimum Gasteiger partial charge on any atom is -0.310 e. The highest BCUT2D eigenvalue weighted by molar-refractivity contribution is 5.79. The summed E-state index contributed by atoms with van der Waals surface area (Å²) in [5, 5.41) is 10.8. The van der Waals surface area contributed by atoms with Gasteiger partial charge in [-0.2, -0.15) is 0 Å². The summed E-state index contributed by atoms with van der Waals surface area (Å²) in [5.74, 6) is 0.575. The molecule has 1 aromatic heterocycles. The molecule has 0 saturated carbocycles. The van der Waals surface area contributed by atoms with Gasteiger partial charge < -0.3 is 4.98 Å². The number of fused-ring (bicyclic) bond motifs is 1. The van der Waals surface area contributed by atoms with E-state index in [9.17, 15) is 14.9 Å². The van der Waals surface area contributed by atoms with E-state index in [4.69, 9.17) is 0 Å². The number of hydrogen-bond donors (Lipinski definition) is 1. The van der Waals surface area contributed by atoms with Gasteiger partial charge in [0.25, 0.3) is 11.2 Å². The Kier molecular flexibility index (Phi) is 2.40. The lowest BCUT2D eigenvalue weighted by molar-refractivity contribution is -0.384. The van der Waals surface area contributed by atoms with Crippen LogP contribution in [0.2, 0.25) is 0 Å². The summed E-state index contributed by atoms with van der Waals surface area (Å²) in [4.78, 5) is 28.4. The number of H-pyrrole nitrogens is 1. The van der Waals surface area contributed by atoms with Crippen molar-refractivity contribution in [2.45, 2.75) is 13.3 Å². The van der Waals surface area contributed by atoms with E-state index in [0.717, 1.165) is 0 Å². The Bertz CT molecular complexity index is 618. The molecule has 16 heavy (non-hydrogen) atoms. The van der Waals surface area contributed by atoms with Crippen LogP contribution < -0.4 is 5.56 Å². The third-order valence-electron chi connectivity index (χ3n) is 2.28. The molecule has 1 heterocycles. The fourth-order valence-electron chi connectivity index (χ4n) is 1.46. The van der Waals surface area contributed by atoms with Gasteiger partial charge in [0.2, 0.25) is 0 Å². The first kappa shape index (κ1) is 10.3. The standard InChI is InChI=1S/C10H9N3O3/c1-2-9-11-8-4-3-6(13(15)16)5-7(8)10(14)12-9/h3-5H,2H2,1H3,(H,11,12,14). The van der Waals surface area contributed by atoms with Crippen molar-refractivity contribution in [1.82, 2.24) is 9.97 Å². The highest BCUT2D eigenvalue weighted by Gasteiger charge is 2.09. The minimum atomic E-state index is -0.535. The second-order valence-corrected chi connectivity index (χ2v) is 3.32. The molecule has 6 heteroatoms. The second kappa shape index (κ2) is 3.73. The van der Waals surface area contributed by atoms with Crippen LogP contribution >= 0.6 is 0 Å². The van der Waals surface area contributed by atoms with E-state index in [1.54, 1.807) is 0 Å². The summed E-state index contributed by atoms with van der Waals surface area (Å²) in [6.45, 7) is 1.87. The predicted molar refractivity (Wildman–Crippen MR) is 58.4 cm³/mol. The molecule has 0 spiro atoms. The van der Waals surface area contributed by atoms with Crippen LogP contribution in [0.3, 0.4) is 0 Å². The summed E-state index contributed by atoms with van der Waals surface area (Å²) in [5.41, 5.74) is 0.0285. The number of rotatable bonds is 2. The molecule has 6 nitrogen and oxygen atoms in total. The monoisotopic (exact) mass is 219 g/mol. The molecular formula is C10H9N3O3. The van der Waals surface area contributed by atoms with Crippen molar-refractivity contribution < 1.29 is 4.92 Å². The summed E-state index contributed by atoms with van der Waals surface area (Å²) in [7, 11) is 0. The molecule has 0 aliphatic rings. The smallest absolute Gasteiger partial charge is 0.270 e. The van der Waals surface area contributed by atoms with Gasteiger partial charge in [-0.1, -0.05) is 6.92 Å². The minimum absolute atomic E-state index is 0.107. The average Bonchev–Trinajstić information content (AvgIpc) is 2.28. The Labute approximate surface area is 90.1 Å². The summed E-state index contributed by atoms with van der Waals surface area (Å²) >= 11 is 0. The molecule has 2 aromatic rings. The first-order chi connectivity index (χ1) is 7.61. The van der Waals surface area contributed by atoms with Crippen molar-refractivity contribution in [2.75, 3.05) is 0 Å². The van der Waals surface area contributed by atoms with Crippen molar-refractivity contribution in [1.29, 1.82) is 0 Å². The zero-order valence-corrected chi connectivity index (χ0v) is 8.56. The zero-order chi connectivity index (χ0) is 11.7. The number of nitrogens with zero attached hydrogens (tertiary/aromatic N) is 2. The maximum Gasteiger partial charge on any atom is 0.270 e. The van der Waals surface area contributed by atoms with E-state index >= 15 is 0 Å². The number of aromatic amines is 1. The van der Waals surface area contributed by atoms with Gasteiger partial charge in [-0.25, -0.2) is 4.98 Å². The molecule has 0 amide bonds. The van der Waals surface area contributed by atoms with E-state index in [1.807, 2.05) is 6.92 Å². The second-order valence-electron chi connectivity index (χ2n) is 3.32. The maximum atomic E-state index is 11.6. The Morgan fingerprint density at radius 1 is 1.50 bits per heavy atom. The van der Waals surface area contributed by atoms with E-state index in [1.165, 1.54) is 18.2 Å². The van der Waals surface area contributed by atoms with Gasteiger partial charge in [-0.05, 0) is 6.07 Å². The lowest BCUT2D eigenvalue weighted by atomic mass is 10.2. The molecule has 0 fully saturated rings. The first-order valence-electron chi connectivity index (χ1n) is 4.79. The zero-order valence-electron chi connectivity index (χ0n) is 8.56. The first-order valence-corrected chi connectivity index (χ1v) is 4.79. The summed E-state index contributed by atoms with van der Waals surface area (Å²) in [6.07, 6.45) is 0.613. The van der Waals surface area contributed by atoms with Crippen molar-refractivity contribution in [2.24, 2.45) is 0 Å². The summed E-state index contributed by atoms with van der Waals surface area (Å²) in [6, 6.07) is 4.07. The van der Waals surface area contributed by atoms with Crippen molar-refractivity contribution >= 4 is 16.6 Å². The van der Waals surface area contributed by atoms with E-state index < -0.39 is 4.92 Å². The van der Waals surface area contributed by atoms with Crippen LogP contribution in [0.15, 0.2) is 23.0 Å². The Morgan fingerprint density at radius 2 is 2.25 bits per heavy atom. The molecule has 82 valence electrons. The molecule has 0 unspecified atom stereocenters. The number of hydrogen-bond acceptors (Lipinski definition) is 4. The van der Waals surface area contributed by atoms with Gasteiger partial charge >= 0.3 is 0 Å². The number of benzene rings is 1. The number of aryl methyl sites for hydroxylation is 1. The fourth-order valence-corrected chi connectivity index (χ4v) is 1.46. The maximum absolute atomic E-state index is 11.6. The van der Waals surface area contributed by atoms with Gasteiger partial charge in [-0.15, -0.1) is 0 Å². The Balaban J connectivity index is 2.75. The summed E-state index contributed by atoms with van der Waals surface area (Å²) < 4.78 is 0. The number of nitro benzene ring substituents is 1. The van der Waals surface area contributed by atoms with E-state index in [-0.39, 0.29) is 16.6 Å². The Hall–Kier alpha value is -2.24. The van der Waals surface area contributed by atoms with Gasteiger partial charge in [-0.3, -0.25) is 14.9 Å². The van der Waals surface area contributed by atoms with E-state index in [0.29, 0.717) is 17.8 Å². The molecule has 1 N–H and O–H groups in total. The molecular weight excluding hydrogens is 210 g/mol. The molecule has 0 aliphatic heterocycles. The van der Waals surface area contributed by atoms with Crippen LogP contribution in [0.5, 0.6) is 0 Å². The molecule has 0 atom stereocenters. The third-order valence-corrected chi connectivity index (χ3v) is 2.28. The van der Waals surface area contributed by atoms with Crippen LogP contribution in [-0.2, 0) is 6.42 Å². The third kappa shape index (κ3) is 1.65. The molecule has 0 bridgehead atoms. The topological polar surface area (TPSA) is 88.9 Å². The lowest BCUT2D eigenvalue weighted by Gasteiger charge is -1.99. The highest BCUT2D eigenvalue weighted by Crippen LogP contribution is 2.16. The fraction of sp³-hybridized carbons (Fsp3) is 0.200. The quantitative estimate of drug-likeness (QED) is 0.610. The number of nitro groups is 1. The average molecular weight is 219 g/mol.